The Morgan fingerprint density at radius 3 is 2.69 bits per heavy atom. The summed E-state index contributed by atoms with van der Waals surface area (Å²) < 4.78 is 20.7. The van der Waals surface area contributed by atoms with Crippen LogP contribution in [-0.4, -0.2) is 27.8 Å². The van der Waals surface area contributed by atoms with Crippen LogP contribution in [0.3, 0.4) is 0 Å². The number of aromatic nitrogens is 3. The number of nitrogens with one attached hydrogen (secondary N) is 2. The average Bonchev–Trinajstić information content (AvgIpc) is 3.01. The van der Waals surface area contributed by atoms with E-state index < -0.39 is 0 Å². The summed E-state index contributed by atoms with van der Waals surface area (Å²) in [6.07, 6.45) is 0. The van der Waals surface area contributed by atoms with E-state index >= 15 is 0 Å². The molecule has 0 spiro atoms. The number of carbonyl (C=O) groups excluding carboxylic acids is 1. The fourth-order valence-corrected chi connectivity index (χ4v) is 2.66. The molecule has 0 aliphatic heterocycles. The zero-order valence-electron chi connectivity index (χ0n) is 14.0. The van der Waals surface area contributed by atoms with Crippen LogP contribution in [0.5, 0.6) is 5.75 Å². The minimum absolute atomic E-state index is 0.0227. The molecule has 0 unspecified atom stereocenters. The van der Waals surface area contributed by atoms with Crippen LogP contribution in [0.15, 0.2) is 48.5 Å². The summed E-state index contributed by atoms with van der Waals surface area (Å²) in [6.45, 7) is 0.0830. The van der Waals surface area contributed by atoms with Crippen molar-refractivity contribution in [1.82, 2.24) is 20.1 Å². The molecular formula is C18H17FN4O2S. The lowest BCUT2D eigenvalue weighted by Crippen LogP contribution is -2.27. The average molecular weight is 372 g/mol. The Kier molecular flexibility index (Phi) is 5.43. The summed E-state index contributed by atoms with van der Waals surface area (Å²) in [5, 5.41) is 9.58. The first-order chi connectivity index (χ1) is 12.6. The molecule has 0 saturated carbocycles. The predicted molar refractivity (Wildman–Crippen MR) is 97.6 cm³/mol. The number of rotatable bonds is 6. The largest absolute Gasteiger partial charge is 0.497 e. The van der Waals surface area contributed by atoms with E-state index in [1.165, 1.54) is 6.07 Å². The van der Waals surface area contributed by atoms with E-state index in [-0.39, 0.29) is 24.8 Å². The molecule has 0 saturated heterocycles. The van der Waals surface area contributed by atoms with Crippen molar-refractivity contribution in [1.29, 1.82) is 0 Å². The molecule has 2 N–H and O–H groups in total. The van der Waals surface area contributed by atoms with Gasteiger partial charge in [-0.2, -0.15) is 5.10 Å². The van der Waals surface area contributed by atoms with Gasteiger partial charge >= 0.3 is 0 Å². The molecule has 0 aliphatic carbocycles. The van der Waals surface area contributed by atoms with Crippen LogP contribution in [-0.2, 0) is 17.9 Å². The van der Waals surface area contributed by atoms with Gasteiger partial charge in [0.1, 0.15) is 18.1 Å². The number of methoxy groups -OCH3 is 1. The first-order valence-corrected chi connectivity index (χ1v) is 8.29. The Morgan fingerprint density at radius 1 is 1.27 bits per heavy atom. The van der Waals surface area contributed by atoms with Crippen molar-refractivity contribution in [2.45, 2.75) is 13.1 Å². The van der Waals surface area contributed by atoms with Crippen LogP contribution in [0.25, 0.3) is 11.4 Å². The van der Waals surface area contributed by atoms with E-state index in [0.29, 0.717) is 16.2 Å². The predicted octanol–water partition coefficient (Wildman–Crippen LogP) is 3.07. The van der Waals surface area contributed by atoms with Gasteiger partial charge in [0, 0.05) is 17.7 Å². The van der Waals surface area contributed by atoms with Crippen molar-refractivity contribution >= 4 is 18.1 Å². The monoisotopic (exact) mass is 372 g/mol. The third kappa shape index (κ3) is 3.97. The number of nitrogens with zero attached hydrogens (tertiary/aromatic N) is 2. The minimum atomic E-state index is -0.355. The van der Waals surface area contributed by atoms with Gasteiger partial charge in [-0.1, -0.05) is 18.2 Å². The molecule has 26 heavy (non-hydrogen) atoms. The van der Waals surface area contributed by atoms with Crippen molar-refractivity contribution in [2.75, 3.05) is 7.11 Å². The highest BCUT2D eigenvalue weighted by Crippen LogP contribution is 2.20. The summed E-state index contributed by atoms with van der Waals surface area (Å²) in [5.41, 5.74) is 1.21. The number of aromatic amines is 1. The number of H-pyrrole nitrogens is 1. The fourth-order valence-electron chi connectivity index (χ4n) is 2.46. The molecule has 1 aromatic heterocycles. The molecular weight excluding hydrogens is 355 g/mol. The molecule has 0 aliphatic rings. The molecule has 6 nitrogen and oxygen atoms in total. The Labute approximate surface area is 154 Å². The number of benzene rings is 2. The zero-order valence-corrected chi connectivity index (χ0v) is 14.8. The fraction of sp³-hybridized carbons (Fsp3) is 0.167. The van der Waals surface area contributed by atoms with Gasteiger partial charge in [0.05, 0.1) is 7.11 Å². The van der Waals surface area contributed by atoms with Gasteiger partial charge in [0.2, 0.25) is 5.91 Å². The lowest BCUT2D eigenvalue weighted by Gasteiger charge is -2.09. The van der Waals surface area contributed by atoms with E-state index in [9.17, 15) is 9.18 Å². The molecule has 1 heterocycles. The summed E-state index contributed by atoms with van der Waals surface area (Å²) in [5.74, 6) is 0.614. The molecule has 0 fully saturated rings. The SMILES string of the molecule is COc1ccc(-c2n[nH]c(=S)n2CC(=O)NCc2ccccc2F)cc1. The highest BCUT2D eigenvalue weighted by Gasteiger charge is 2.13. The third-order valence-corrected chi connectivity index (χ3v) is 4.15. The maximum atomic E-state index is 13.6. The highest BCUT2D eigenvalue weighted by molar-refractivity contribution is 7.71. The second-order valence-corrected chi connectivity index (χ2v) is 5.92. The molecule has 1 amide bonds. The lowest BCUT2D eigenvalue weighted by molar-refractivity contribution is -0.121. The number of halogens is 1. The van der Waals surface area contributed by atoms with Crippen LogP contribution in [0.2, 0.25) is 0 Å². The zero-order chi connectivity index (χ0) is 18.5. The molecule has 134 valence electrons. The van der Waals surface area contributed by atoms with Gasteiger partial charge < -0.3 is 10.1 Å². The molecule has 2 aromatic carbocycles. The minimum Gasteiger partial charge on any atom is -0.497 e. The second-order valence-electron chi connectivity index (χ2n) is 5.54. The number of amides is 1. The molecule has 0 radical (unpaired) electrons. The first kappa shape index (κ1) is 17.8. The first-order valence-electron chi connectivity index (χ1n) is 7.88. The van der Waals surface area contributed by atoms with Crippen LogP contribution in [0.1, 0.15) is 5.56 Å². The quantitative estimate of drug-likeness (QED) is 0.653. The van der Waals surface area contributed by atoms with E-state index in [2.05, 4.69) is 15.5 Å². The van der Waals surface area contributed by atoms with Gasteiger partial charge in [-0.25, -0.2) is 4.39 Å². The molecule has 8 heteroatoms. The summed E-state index contributed by atoms with van der Waals surface area (Å²) >= 11 is 5.22. The summed E-state index contributed by atoms with van der Waals surface area (Å²) in [4.78, 5) is 12.3. The van der Waals surface area contributed by atoms with Crippen molar-refractivity contribution in [2.24, 2.45) is 0 Å². The molecule has 0 bridgehead atoms. The van der Waals surface area contributed by atoms with Crippen molar-refractivity contribution in [3.63, 3.8) is 0 Å². The maximum absolute atomic E-state index is 13.6. The maximum Gasteiger partial charge on any atom is 0.240 e. The van der Waals surface area contributed by atoms with Gasteiger partial charge in [-0.15, -0.1) is 0 Å². The van der Waals surface area contributed by atoms with Crippen molar-refractivity contribution in [3.05, 3.63) is 64.7 Å². The topological polar surface area (TPSA) is 71.9 Å². The number of carbonyl (C=O) groups is 1. The molecule has 3 rings (SSSR count). The van der Waals surface area contributed by atoms with Crippen LogP contribution in [0, 0.1) is 10.6 Å². The smallest absolute Gasteiger partial charge is 0.240 e. The third-order valence-electron chi connectivity index (χ3n) is 3.84. The second kappa shape index (κ2) is 7.92. The standard InChI is InChI=1S/C18H17FN4O2S/c1-25-14-8-6-12(7-9-14)17-21-22-18(26)23(17)11-16(24)20-10-13-4-2-3-5-15(13)19/h2-9H,10-11H2,1H3,(H,20,24)(H,22,26). The Bertz CT molecular complexity index is 966. The van der Waals surface area contributed by atoms with E-state index in [0.717, 1.165) is 11.3 Å². The van der Waals surface area contributed by atoms with Crippen molar-refractivity contribution in [3.8, 4) is 17.1 Å². The van der Waals surface area contributed by atoms with Crippen LogP contribution in [0.4, 0.5) is 4.39 Å². The lowest BCUT2D eigenvalue weighted by atomic mass is 10.2. The molecule has 3 aromatic rings. The van der Waals surface area contributed by atoms with Gasteiger partial charge in [0.25, 0.3) is 0 Å². The summed E-state index contributed by atoms with van der Waals surface area (Å²) in [7, 11) is 1.59. The normalized spacial score (nSPS) is 10.5. The number of hydrogen-bond acceptors (Lipinski definition) is 4. The van der Waals surface area contributed by atoms with Gasteiger partial charge in [0.15, 0.2) is 10.6 Å². The Morgan fingerprint density at radius 2 is 2.00 bits per heavy atom. The van der Waals surface area contributed by atoms with Crippen LogP contribution >= 0.6 is 12.2 Å². The Balaban J connectivity index is 1.73. The van der Waals surface area contributed by atoms with Crippen LogP contribution < -0.4 is 10.1 Å². The van der Waals surface area contributed by atoms with Gasteiger partial charge in [-0.3, -0.25) is 14.5 Å². The number of ether oxygens (including phenoxy) is 1. The van der Waals surface area contributed by atoms with Crippen molar-refractivity contribution < 1.29 is 13.9 Å². The highest BCUT2D eigenvalue weighted by atomic mass is 32.1. The van der Waals surface area contributed by atoms with E-state index in [1.807, 2.05) is 12.1 Å². The summed E-state index contributed by atoms with van der Waals surface area (Å²) in [6, 6.07) is 13.6. The van der Waals surface area contributed by atoms with Gasteiger partial charge in [-0.05, 0) is 42.5 Å². The van der Waals surface area contributed by atoms with E-state index in [1.54, 1.807) is 42.0 Å². The Hall–Kier alpha value is -3.00. The van der Waals surface area contributed by atoms with E-state index in [4.69, 9.17) is 17.0 Å². The molecule has 0 atom stereocenters. The number of hydrogen-bond donors (Lipinski definition) is 2.